The van der Waals surface area contributed by atoms with E-state index in [1.807, 2.05) is 30.3 Å². The largest absolute Gasteiger partial charge is 0.416 e. The minimum Gasteiger partial charge on any atom is -0.326 e. The van der Waals surface area contributed by atoms with Crippen molar-refractivity contribution in [1.29, 1.82) is 0 Å². The van der Waals surface area contributed by atoms with Gasteiger partial charge in [-0.15, -0.1) is 0 Å². The lowest BCUT2D eigenvalue weighted by atomic mass is 10.0. The van der Waals surface area contributed by atoms with Gasteiger partial charge in [0.15, 0.2) is 5.65 Å². The van der Waals surface area contributed by atoms with Gasteiger partial charge in [-0.2, -0.15) is 18.3 Å². The average Bonchev–Trinajstić information content (AvgIpc) is 3.21. The number of nitrogens with zero attached hydrogens (tertiary/aromatic N) is 2. The first-order chi connectivity index (χ1) is 14.8. The van der Waals surface area contributed by atoms with E-state index in [-0.39, 0.29) is 23.6 Å². The van der Waals surface area contributed by atoms with Gasteiger partial charge in [-0.1, -0.05) is 30.3 Å². The van der Waals surface area contributed by atoms with Crippen LogP contribution in [0.1, 0.15) is 23.1 Å². The fraction of sp³-hybridized carbons (Fsp3) is 0.174. The maximum Gasteiger partial charge on any atom is 0.416 e. The Morgan fingerprint density at radius 2 is 1.90 bits per heavy atom. The van der Waals surface area contributed by atoms with Crippen LogP contribution in [0.25, 0.3) is 22.2 Å². The van der Waals surface area contributed by atoms with Crippen molar-refractivity contribution in [1.82, 2.24) is 15.2 Å². The number of hydrogen-bond donors (Lipinski definition) is 2. The van der Waals surface area contributed by atoms with Gasteiger partial charge in [0.25, 0.3) is 0 Å². The van der Waals surface area contributed by atoms with Crippen LogP contribution in [-0.4, -0.2) is 21.1 Å². The summed E-state index contributed by atoms with van der Waals surface area (Å²) >= 11 is 0. The highest BCUT2D eigenvalue weighted by atomic mass is 19.4. The number of rotatable bonds is 5. The highest BCUT2D eigenvalue weighted by molar-refractivity contribution is 5.91. The number of amides is 1. The van der Waals surface area contributed by atoms with Crippen LogP contribution in [0.3, 0.4) is 0 Å². The monoisotopic (exact) mass is 424 g/mol. The van der Waals surface area contributed by atoms with Crippen molar-refractivity contribution in [3.63, 3.8) is 0 Å². The number of aromatic amines is 1. The smallest absolute Gasteiger partial charge is 0.326 e. The molecule has 5 nitrogen and oxygen atoms in total. The first kappa shape index (κ1) is 20.6. The second-order valence-electron chi connectivity index (χ2n) is 7.31. The zero-order valence-corrected chi connectivity index (χ0v) is 16.6. The number of hydrogen-bond acceptors (Lipinski definition) is 3. The van der Waals surface area contributed by atoms with Gasteiger partial charge < -0.3 is 5.32 Å². The number of aromatic nitrogens is 3. The molecule has 0 saturated heterocycles. The lowest BCUT2D eigenvalue weighted by molar-refractivity contribution is -0.138. The lowest BCUT2D eigenvalue weighted by Crippen LogP contribution is -2.14. The van der Waals surface area contributed by atoms with Crippen LogP contribution in [0, 0.1) is 6.92 Å². The number of fused-ring (bicyclic) bond motifs is 1. The van der Waals surface area contributed by atoms with Crippen molar-refractivity contribution in [2.75, 3.05) is 5.32 Å². The molecule has 0 spiro atoms. The quantitative estimate of drug-likeness (QED) is 0.443. The molecule has 0 saturated carbocycles. The number of benzene rings is 2. The van der Waals surface area contributed by atoms with Gasteiger partial charge in [0.1, 0.15) is 0 Å². The van der Waals surface area contributed by atoms with Crippen molar-refractivity contribution in [3.05, 3.63) is 77.6 Å². The second-order valence-corrected chi connectivity index (χ2v) is 7.31. The molecule has 0 aliphatic heterocycles. The van der Waals surface area contributed by atoms with E-state index in [2.05, 4.69) is 20.5 Å². The van der Waals surface area contributed by atoms with Crippen molar-refractivity contribution in [2.45, 2.75) is 25.9 Å². The Morgan fingerprint density at radius 3 is 2.71 bits per heavy atom. The summed E-state index contributed by atoms with van der Waals surface area (Å²) in [5.74, 6) is -0.344. The summed E-state index contributed by atoms with van der Waals surface area (Å²) in [6, 6.07) is 13.5. The minimum absolute atomic E-state index is 0.116. The highest BCUT2D eigenvalue weighted by Gasteiger charge is 2.32. The molecule has 8 heteroatoms. The lowest BCUT2D eigenvalue weighted by Gasteiger charge is -2.13. The first-order valence-corrected chi connectivity index (χ1v) is 9.66. The molecule has 0 atom stereocenters. The zero-order valence-electron chi connectivity index (χ0n) is 16.6. The van der Waals surface area contributed by atoms with Gasteiger partial charge in [0, 0.05) is 29.3 Å². The van der Waals surface area contributed by atoms with E-state index >= 15 is 0 Å². The summed E-state index contributed by atoms with van der Waals surface area (Å²) in [7, 11) is 0. The van der Waals surface area contributed by atoms with Crippen LogP contribution < -0.4 is 5.32 Å². The van der Waals surface area contributed by atoms with Gasteiger partial charge in [-0.25, -0.2) is 4.98 Å². The summed E-state index contributed by atoms with van der Waals surface area (Å²) in [6.45, 7) is 1.39. The van der Waals surface area contributed by atoms with Gasteiger partial charge in [0.2, 0.25) is 5.91 Å². The summed E-state index contributed by atoms with van der Waals surface area (Å²) < 4.78 is 39.2. The van der Waals surface area contributed by atoms with Crippen molar-refractivity contribution in [3.8, 4) is 11.1 Å². The Balaban J connectivity index is 1.42. The van der Waals surface area contributed by atoms with E-state index in [1.54, 1.807) is 12.4 Å². The topological polar surface area (TPSA) is 70.7 Å². The Morgan fingerprint density at radius 1 is 1.06 bits per heavy atom. The average molecular weight is 424 g/mol. The molecule has 31 heavy (non-hydrogen) atoms. The number of anilines is 1. The second kappa shape index (κ2) is 8.22. The molecule has 0 fully saturated rings. The highest BCUT2D eigenvalue weighted by Crippen LogP contribution is 2.33. The molecule has 2 aromatic carbocycles. The number of alkyl halides is 3. The third-order valence-electron chi connectivity index (χ3n) is 5.02. The Labute approximate surface area is 176 Å². The number of nitrogens with one attached hydrogen (secondary N) is 2. The predicted molar refractivity (Wildman–Crippen MR) is 112 cm³/mol. The molecular formula is C23H19F3N4O. The molecular weight excluding hydrogens is 405 g/mol. The molecule has 2 heterocycles. The third-order valence-corrected chi connectivity index (χ3v) is 5.02. The van der Waals surface area contributed by atoms with Crippen molar-refractivity contribution >= 4 is 22.6 Å². The van der Waals surface area contributed by atoms with Crippen LogP contribution in [-0.2, 0) is 17.4 Å². The van der Waals surface area contributed by atoms with Crippen LogP contribution >= 0.6 is 0 Å². The first-order valence-electron chi connectivity index (χ1n) is 9.66. The fourth-order valence-corrected chi connectivity index (χ4v) is 3.39. The van der Waals surface area contributed by atoms with Gasteiger partial charge in [-0.05, 0) is 48.2 Å². The fourth-order valence-electron chi connectivity index (χ4n) is 3.39. The molecule has 2 aromatic heterocycles. The maximum atomic E-state index is 13.1. The van der Waals surface area contributed by atoms with E-state index < -0.39 is 11.7 Å². The normalized spacial score (nSPS) is 11.6. The maximum absolute atomic E-state index is 13.1. The molecule has 158 valence electrons. The zero-order chi connectivity index (χ0) is 22.0. The van der Waals surface area contributed by atoms with Crippen LogP contribution in [0.4, 0.5) is 18.9 Å². The number of pyridine rings is 1. The molecule has 0 bridgehead atoms. The van der Waals surface area contributed by atoms with Gasteiger partial charge >= 0.3 is 6.18 Å². The summed E-state index contributed by atoms with van der Waals surface area (Å²) in [5, 5.41) is 10.2. The Bertz CT molecular complexity index is 1250. The standard InChI is InChI=1S/C23H19F3N4O/c1-14-5-7-19(11-20(14)23(24,25)26)29-21(31)8-6-15-3-2-4-16(9-15)17-10-18-13-28-30-22(18)27-12-17/h2-5,7,9-13H,6,8H2,1H3,(H,29,31)(H,27,28,30). The number of carbonyl (C=O) groups is 1. The molecule has 0 aliphatic carbocycles. The number of H-pyrrole nitrogens is 1. The van der Waals surface area contributed by atoms with Crippen molar-refractivity contribution in [2.24, 2.45) is 0 Å². The number of halogens is 3. The van der Waals surface area contributed by atoms with E-state index in [9.17, 15) is 18.0 Å². The molecule has 0 unspecified atom stereocenters. The Kier molecular flexibility index (Phi) is 5.46. The molecule has 4 rings (SSSR count). The number of carbonyl (C=O) groups excluding carboxylic acids is 1. The molecule has 1 amide bonds. The summed E-state index contributed by atoms with van der Waals surface area (Å²) in [5.41, 5.74) is 3.05. The van der Waals surface area contributed by atoms with Gasteiger partial charge in [-0.3, -0.25) is 9.89 Å². The summed E-state index contributed by atoms with van der Waals surface area (Å²) in [4.78, 5) is 16.6. The Hall–Kier alpha value is -3.68. The van der Waals surface area contributed by atoms with Gasteiger partial charge in [0.05, 0.1) is 11.8 Å². The third kappa shape index (κ3) is 4.74. The number of aryl methyl sites for hydroxylation is 2. The van der Waals surface area contributed by atoms with E-state index in [4.69, 9.17) is 0 Å². The molecule has 0 radical (unpaired) electrons. The predicted octanol–water partition coefficient (Wildman–Crippen LogP) is 5.52. The van der Waals surface area contributed by atoms with Crippen LogP contribution in [0.15, 0.2) is 60.9 Å². The van der Waals surface area contributed by atoms with E-state index in [1.165, 1.54) is 19.1 Å². The summed E-state index contributed by atoms with van der Waals surface area (Å²) in [6.07, 6.45) is -0.395. The van der Waals surface area contributed by atoms with E-state index in [0.717, 1.165) is 28.1 Å². The van der Waals surface area contributed by atoms with E-state index in [0.29, 0.717) is 12.1 Å². The van der Waals surface area contributed by atoms with Crippen LogP contribution in [0.5, 0.6) is 0 Å². The van der Waals surface area contributed by atoms with Crippen molar-refractivity contribution < 1.29 is 18.0 Å². The SMILES string of the molecule is Cc1ccc(NC(=O)CCc2cccc(-c3cnc4[nH]ncc4c3)c2)cc1C(F)(F)F. The molecule has 0 aliphatic rings. The molecule has 2 N–H and O–H groups in total. The minimum atomic E-state index is -4.46. The van der Waals surface area contributed by atoms with Crippen LogP contribution in [0.2, 0.25) is 0 Å². The molecule has 4 aromatic rings.